The molecule has 0 aliphatic heterocycles. The molecule has 1 N–H and O–H groups in total. The molecular weight excluding hydrogens is 410 g/mol. The molecule has 29 heavy (non-hydrogen) atoms. The summed E-state index contributed by atoms with van der Waals surface area (Å²) in [4.78, 5) is 12.4. The van der Waals surface area contributed by atoms with Crippen molar-refractivity contribution in [2.75, 3.05) is 18.2 Å². The van der Waals surface area contributed by atoms with Crippen LogP contribution >= 0.6 is 11.6 Å². The number of sulfone groups is 1. The summed E-state index contributed by atoms with van der Waals surface area (Å²) in [5.41, 5.74) is 2.32. The van der Waals surface area contributed by atoms with E-state index in [-0.39, 0.29) is 22.2 Å². The Hall–Kier alpha value is -2.83. The van der Waals surface area contributed by atoms with Gasteiger partial charge in [-0.3, -0.25) is 4.79 Å². The third-order valence-corrected chi connectivity index (χ3v) is 5.65. The molecule has 0 aliphatic rings. The van der Waals surface area contributed by atoms with Crippen LogP contribution in [0.1, 0.15) is 11.1 Å². The van der Waals surface area contributed by atoms with Crippen LogP contribution in [0, 0.1) is 0 Å². The molecule has 1 amide bonds. The highest BCUT2D eigenvalue weighted by molar-refractivity contribution is 7.90. The van der Waals surface area contributed by atoms with E-state index in [1.165, 1.54) is 18.2 Å². The summed E-state index contributed by atoms with van der Waals surface area (Å²) in [5, 5.41) is 2.85. The van der Waals surface area contributed by atoms with Crippen LogP contribution in [-0.2, 0) is 21.1 Å². The van der Waals surface area contributed by atoms with E-state index in [0.29, 0.717) is 12.2 Å². The van der Waals surface area contributed by atoms with Crippen molar-refractivity contribution in [3.8, 4) is 5.75 Å². The number of para-hydroxylation sites is 1. The molecule has 0 heterocycles. The van der Waals surface area contributed by atoms with Gasteiger partial charge in [-0.1, -0.05) is 60.1 Å². The number of rotatable bonds is 7. The zero-order valence-corrected chi connectivity index (χ0v) is 17.3. The fraction of sp³-hybridized carbons (Fsp3) is 0.136. The molecule has 0 saturated carbocycles. The monoisotopic (exact) mass is 429 g/mol. The molecular formula is C22H20ClNO4S. The van der Waals surface area contributed by atoms with Crippen molar-refractivity contribution in [2.24, 2.45) is 0 Å². The van der Waals surface area contributed by atoms with Gasteiger partial charge in [0.2, 0.25) is 0 Å². The van der Waals surface area contributed by atoms with E-state index in [2.05, 4.69) is 5.32 Å². The van der Waals surface area contributed by atoms with Gasteiger partial charge >= 0.3 is 0 Å². The van der Waals surface area contributed by atoms with Crippen molar-refractivity contribution < 1.29 is 17.9 Å². The molecule has 0 atom stereocenters. The molecule has 150 valence electrons. The van der Waals surface area contributed by atoms with Crippen molar-refractivity contribution in [3.05, 3.63) is 88.9 Å². The number of hydrogen-bond donors (Lipinski definition) is 1. The number of hydrogen-bond acceptors (Lipinski definition) is 4. The number of benzene rings is 3. The molecule has 0 unspecified atom stereocenters. The van der Waals surface area contributed by atoms with Gasteiger partial charge in [-0.15, -0.1) is 0 Å². The third kappa shape index (κ3) is 5.82. The van der Waals surface area contributed by atoms with Crippen molar-refractivity contribution >= 4 is 33.0 Å². The van der Waals surface area contributed by atoms with E-state index in [1.54, 1.807) is 0 Å². The van der Waals surface area contributed by atoms with Crippen molar-refractivity contribution in [1.82, 2.24) is 0 Å². The molecule has 3 aromatic carbocycles. The molecule has 0 bridgehead atoms. The minimum atomic E-state index is -3.41. The van der Waals surface area contributed by atoms with Gasteiger partial charge < -0.3 is 10.1 Å². The molecule has 0 fully saturated rings. The Morgan fingerprint density at radius 3 is 2.41 bits per heavy atom. The summed E-state index contributed by atoms with van der Waals surface area (Å²) >= 11 is 6.07. The highest BCUT2D eigenvalue weighted by Crippen LogP contribution is 2.26. The van der Waals surface area contributed by atoms with Gasteiger partial charge in [-0.05, 0) is 35.4 Å². The first-order valence-corrected chi connectivity index (χ1v) is 11.1. The lowest BCUT2D eigenvalue weighted by atomic mass is 10.0. The molecule has 0 aromatic heterocycles. The smallest absolute Gasteiger partial charge is 0.262 e. The number of halogens is 1. The molecule has 7 heteroatoms. The van der Waals surface area contributed by atoms with Crippen LogP contribution in [0.5, 0.6) is 5.75 Å². The van der Waals surface area contributed by atoms with E-state index < -0.39 is 15.7 Å². The van der Waals surface area contributed by atoms with Crippen molar-refractivity contribution in [1.29, 1.82) is 0 Å². The number of amides is 1. The van der Waals surface area contributed by atoms with Crippen molar-refractivity contribution in [2.45, 2.75) is 11.3 Å². The Morgan fingerprint density at radius 2 is 1.69 bits per heavy atom. The minimum Gasteiger partial charge on any atom is -0.483 e. The number of anilines is 1. The standard InChI is InChI=1S/C22H20ClNO4S/c1-29(26,27)18-11-12-19(23)20(14-18)24-22(25)15-28-21-10-6-5-9-17(21)13-16-7-3-2-4-8-16/h2-12,14H,13,15H2,1H3,(H,24,25). The van der Waals surface area contributed by atoms with E-state index in [4.69, 9.17) is 16.3 Å². The van der Waals surface area contributed by atoms with Gasteiger partial charge in [0.15, 0.2) is 16.4 Å². The quantitative estimate of drug-likeness (QED) is 0.606. The normalized spacial score (nSPS) is 11.1. The average Bonchev–Trinajstić information content (AvgIpc) is 2.69. The van der Waals surface area contributed by atoms with Crippen LogP contribution in [0.15, 0.2) is 77.7 Å². The summed E-state index contributed by atoms with van der Waals surface area (Å²) < 4.78 is 29.1. The summed E-state index contributed by atoms with van der Waals surface area (Å²) in [6.45, 7) is -0.231. The van der Waals surface area contributed by atoms with Crippen LogP contribution in [0.3, 0.4) is 0 Å². The van der Waals surface area contributed by atoms with Crippen LogP contribution in [0.2, 0.25) is 5.02 Å². The van der Waals surface area contributed by atoms with Crippen LogP contribution in [0.25, 0.3) is 0 Å². The molecule has 0 radical (unpaired) electrons. The second kappa shape index (κ2) is 9.11. The predicted molar refractivity (Wildman–Crippen MR) is 114 cm³/mol. The number of nitrogens with one attached hydrogen (secondary N) is 1. The van der Waals surface area contributed by atoms with Gasteiger partial charge in [-0.25, -0.2) is 8.42 Å². The summed E-state index contributed by atoms with van der Waals surface area (Å²) in [6.07, 6.45) is 1.77. The maximum Gasteiger partial charge on any atom is 0.262 e. The Labute approximate surface area is 175 Å². The maximum absolute atomic E-state index is 12.3. The first-order valence-electron chi connectivity index (χ1n) is 8.87. The zero-order chi connectivity index (χ0) is 20.9. The lowest BCUT2D eigenvalue weighted by Gasteiger charge is -2.13. The molecule has 0 aliphatic carbocycles. The first-order chi connectivity index (χ1) is 13.8. The molecule has 5 nitrogen and oxygen atoms in total. The van der Waals surface area contributed by atoms with Gasteiger partial charge in [0.05, 0.1) is 15.6 Å². The Morgan fingerprint density at radius 1 is 1.00 bits per heavy atom. The van der Waals surface area contributed by atoms with Crippen LogP contribution < -0.4 is 10.1 Å². The summed E-state index contributed by atoms with van der Waals surface area (Å²) in [6, 6.07) is 21.6. The lowest BCUT2D eigenvalue weighted by Crippen LogP contribution is -2.21. The molecule has 3 rings (SSSR count). The number of carbonyl (C=O) groups excluding carboxylic acids is 1. The van der Waals surface area contributed by atoms with Crippen LogP contribution in [-0.4, -0.2) is 27.2 Å². The highest BCUT2D eigenvalue weighted by atomic mass is 35.5. The Kier molecular flexibility index (Phi) is 6.56. The van der Waals surface area contributed by atoms with E-state index >= 15 is 0 Å². The van der Waals surface area contributed by atoms with Gasteiger partial charge in [-0.2, -0.15) is 0 Å². The van der Waals surface area contributed by atoms with Gasteiger partial charge in [0, 0.05) is 12.7 Å². The van der Waals surface area contributed by atoms with Crippen molar-refractivity contribution in [3.63, 3.8) is 0 Å². The van der Waals surface area contributed by atoms with E-state index in [0.717, 1.165) is 17.4 Å². The topological polar surface area (TPSA) is 72.5 Å². The Balaban J connectivity index is 1.68. The van der Waals surface area contributed by atoms with Gasteiger partial charge in [0.25, 0.3) is 5.91 Å². The zero-order valence-electron chi connectivity index (χ0n) is 15.8. The Bertz CT molecular complexity index is 1110. The summed E-state index contributed by atoms with van der Waals surface area (Å²) in [7, 11) is -3.41. The largest absolute Gasteiger partial charge is 0.483 e. The van der Waals surface area contributed by atoms with E-state index in [1.807, 2.05) is 54.6 Å². The second-order valence-corrected chi connectivity index (χ2v) is 8.94. The predicted octanol–water partition coefficient (Wildman–Crippen LogP) is 4.35. The maximum atomic E-state index is 12.3. The number of carbonyl (C=O) groups is 1. The van der Waals surface area contributed by atoms with Crippen LogP contribution in [0.4, 0.5) is 5.69 Å². The summed E-state index contributed by atoms with van der Waals surface area (Å²) in [5.74, 6) is 0.176. The van der Waals surface area contributed by atoms with Gasteiger partial charge in [0.1, 0.15) is 5.75 Å². The fourth-order valence-electron chi connectivity index (χ4n) is 2.77. The third-order valence-electron chi connectivity index (χ3n) is 4.21. The molecule has 3 aromatic rings. The fourth-order valence-corrected chi connectivity index (χ4v) is 3.58. The highest BCUT2D eigenvalue weighted by Gasteiger charge is 2.13. The molecule has 0 saturated heterocycles. The number of ether oxygens (including phenoxy) is 1. The lowest BCUT2D eigenvalue weighted by molar-refractivity contribution is -0.118. The van der Waals surface area contributed by atoms with E-state index in [9.17, 15) is 13.2 Å². The second-order valence-electron chi connectivity index (χ2n) is 6.52. The average molecular weight is 430 g/mol. The minimum absolute atomic E-state index is 0.0753. The first kappa shape index (κ1) is 20.9. The SMILES string of the molecule is CS(=O)(=O)c1ccc(Cl)c(NC(=O)COc2ccccc2Cc2ccccc2)c1. The molecule has 0 spiro atoms.